The van der Waals surface area contributed by atoms with Gasteiger partial charge in [0.25, 0.3) is 0 Å². The highest BCUT2D eigenvalue weighted by molar-refractivity contribution is 5.82. The molecule has 0 aliphatic rings. The Kier molecular flexibility index (Phi) is 10.7. The predicted molar refractivity (Wildman–Crippen MR) is 71.8 cm³/mol. The first-order valence-electron chi connectivity index (χ1n) is 6.31. The summed E-state index contributed by atoms with van der Waals surface area (Å²) in [6.07, 6.45) is 0.208. The summed E-state index contributed by atoms with van der Waals surface area (Å²) in [5.41, 5.74) is 0. The van der Waals surface area contributed by atoms with Crippen molar-refractivity contribution in [1.82, 2.24) is 10.2 Å². The van der Waals surface area contributed by atoms with Gasteiger partial charge in [-0.25, -0.2) is 9.59 Å². The van der Waals surface area contributed by atoms with E-state index in [1.807, 2.05) is 0 Å². The Hall–Kier alpha value is -1.38. The molecule has 1 unspecified atom stereocenters. The van der Waals surface area contributed by atoms with Crippen LogP contribution in [0.2, 0.25) is 0 Å². The van der Waals surface area contributed by atoms with Crippen molar-refractivity contribution in [1.29, 1.82) is 0 Å². The normalized spacial score (nSPS) is 11.9. The smallest absolute Gasteiger partial charge is 0.326 e. The van der Waals surface area contributed by atoms with Gasteiger partial charge in [0, 0.05) is 47.4 Å². The first kappa shape index (κ1) is 18.6. The fourth-order valence-electron chi connectivity index (χ4n) is 1.45. The lowest BCUT2D eigenvalue weighted by Crippen LogP contribution is -2.50. The van der Waals surface area contributed by atoms with Gasteiger partial charge in [0.2, 0.25) is 0 Å². The van der Waals surface area contributed by atoms with Gasteiger partial charge in [0.15, 0.2) is 0 Å². The molecule has 1 atom stereocenters. The van der Waals surface area contributed by atoms with E-state index in [9.17, 15) is 9.59 Å². The van der Waals surface area contributed by atoms with Crippen LogP contribution in [0.15, 0.2) is 0 Å². The molecule has 0 bridgehead atoms. The summed E-state index contributed by atoms with van der Waals surface area (Å²) in [6.45, 7) is 1.72. The van der Waals surface area contributed by atoms with Crippen molar-refractivity contribution in [3.8, 4) is 0 Å². The van der Waals surface area contributed by atoms with Gasteiger partial charge in [0.05, 0.1) is 13.2 Å². The van der Waals surface area contributed by atoms with E-state index in [2.05, 4.69) is 5.32 Å². The molecule has 0 aromatic rings. The Balaban J connectivity index is 4.47. The standard InChI is InChI=1S/C12H24N2O6/c1-18-7-4-10(11(15)16)13-12(17)14(5-8-19-2)6-9-20-3/h10H,4-9H2,1-3H3,(H,13,17)(H,15,16). The topological polar surface area (TPSA) is 97.3 Å². The van der Waals surface area contributed by atoms with E-state index in [1.165, 1.54) is 26.2 Å². The lowest BCUT2D eigenvalue weighted by molar-refractivity contribution is -0.139. The van der Waals surface area contributed by atoms with Crippen LogP contribution in [0.3, 0.4) is 0 Å². The molecule has 2 amide bonds. The molecule has 8 heteroatoms. The van der Waals surface area contributed by atoms with E-state index in [0.717, 1.165) is 0 Å². The van der Waals surface area contributed by atoms with Gasteiger partial charge in [-0.2, -0.15) is 0 Å². The quantitative estimate of drug-likeness (QED) is 0.546. The molecule has 0 aromatic heterocycles. The first-order valence-corrected chi connectivity index (χ1v) is 6.31. The van der Waals surface area contributed by atoms with Gasteiger partial charge >= 0.3 is 12.0 Å². The maximum Gasteiger partial charge on any atom is 0.326 e. The molecule has 0 spiro atoms. The molecule has 0 rings (SSSR count). The molecule has 0 fully saturated rings. The number of methoxy groups -OCH3 is 3. The molecular formula is C12H24N2O6. The molecule has 8 nitrogen and oxygen atoms in total. The number of urea groups is 1. The molecule has 0 aliphatic carbocycles. The molecule has 0 heterocycles. The van der Waals surface area contributed by atoms with E-state index in [0.29, 0.717) is 26.3 Å². The second-order valence-electron chi connectivity index (χ2n) is 4.09. The van der Waals surface area contributed by atoms with Crippen LogP contribution in [0.5, 0.6) is 0 Å². The minimum atomic E-state index is -1.09. The van der Waals surface area contributed by atoms with Crippen molar-refractivity contribution >= 4 is 12.0 Å². The van der Waals surface area contributed by atoms with E-state index in [-0.39, 0.29) is 13.0 Å². The van der Waals surface area contributed by atoms with Gasteiger partial charge in [-0.3, -0.25) is 0 Å². The van der Waals surface area contributed by atoms with Crippen LogP contribution in [0.25, 0.3) is 0 Å². The lowest BCUT2D eigenvalue weighted by Gasteiger charge is -2.24. The van der Waals surface area contributed by atoms with Crippen LogP contribution in [-0.4, -0.2) is 82.3 Å². The summed E-state index contributed by atoms with van der Waals surface area (Å²) in [5, 5.41) is 11.5. The average molecular weight is 292 g/mol. The predicted octanol–water partition coefficient (Wildman–Crippen LogP) is -0.219. The minimum Gasteiger partial charge on any atom is -0.480 e. The second kappa shape index (κ2) is 11.4. The highest BCUT2D eigenvalue weighted by Crippen LogP contribution is 1.97. The number of hydrogen-bond donors (Lipinski definition) is 2. The molecule has 0 aliphatic heterocycles. The van der Waals surface area contributed by atoms with Gasteiger partial charge in [-0.1, -0.05) is 0 Å². The van der Waals surface area contributed by atoms with Crippen molar-refractivity contribution in [2.24, 2.45) is 0 Å². The third-order valence-corrected chi connectivity index (χ3v) is 2.62. The molecule has 0 saturated carbocycles. The number of carboxylic acid groups (broad SMARTS) is 1. The van der Waals surface area contributed by atoms with Crippen molar-refractivity contribution < 1.29 is 28.9 Å². The molecule has 0 saturated heterocycles. The fourth-order valence-corrected chi connectivity index (χ4v) is 1.45. The number of nitrogens with one attached hydrogen (secondary N) is 1. The third-order valence-electron chi connectivity index (χ3n) is 2.62. The Morgan fingerprint density at radius 1 is 1.05 bits per heavy atom. The molecular weight excluding hydrogens is 268 g/mol. The number of hydrogen-bond acceptors (Lipinski definition) is 5. The number of carbonyl (C=O) groups excluding carboxylic acids is 1. The summed E-state index contributed by atoms with van der Waals surface area (Å²) in [5.74, 6) is -1.09. The summed E-state index contributed by atoms with van der Waals surface area (Å²) in [4.78, 5) is 24.5. The number of ether oxygens (including phenoxy) is 3. The second-order valence-corrected chi connectivity index (χ2v) is 4.09. The number of amides is 2. The van der Waals surface area contributed by atoms with Gasteiger partial charge < -0.3 is 29.5 Å². The Bertz CT molecular complexity index is 279. The number of rotatable bonds is 11. The largest absolute Gasteiger partial charge is 0.480 e. The zero-order valence-electron chi connectivity index (χ0n) is 12.3. The highest BCUT2D eigenvalue weighted by atomic mass is 16.5. The summed E-state index contributed by atoms with van der Waals surface area (Å²) in [7, 11) is 4.54. The van der Waals surface area contributed by atoms with Crippen LogP contribution in [0.1, 0.15) is 6.42 Å². The Morgan fingerprint density at radius 2 is 1.55 bits per heavy atom. The Morgan fingerprint density at radius 3 is 1.95 bits per heavy atom. The van der Waals surface area contributed by atoms with Crippen LogP contribution in [0, 0.1) is 0 Å². The maximum atomic E-state index is 12.0. The molecule has 0 aromatic carbocycles. The van der Waals surface area contributed by atoms with Crippen LogP contribution in [0.4, 0.5) is 4.79 Å². The van der Waals surface area contributed by atoms with E-state index >= 15 is 0 Å². The van der Waals surface area contributed by atoms with E-state index in [1.54, 1.807) is 0 Å². The van der Waals surface area contributed by atoms with Crippen molar-refractivity contribution in [2.45, 2.75) is 12.5 Å². The van der Waals surface area contributed by atoms with Crippen molar-refractivity contribution in [2.75, 3.05) is 54.2 Å². The monoisotopic (exact) mass is 292 g/mol. The average Bonchev–Trinajstić information content (AvgIpc) is 2.43. The first-order chi connectivity index (χ1) is 9.56. The van der Waals surface area contributed by atoms with E-state index < -0.39 is 18.0 Å². The molecule has 118 valence electrons. The zero-order valence-corrected chi connectivity index (χ0v) is 12.3. The molecule has 2 N–H and O–H groups in total. The Labute approximate surface area is 119 Å². The molecule has 20 heavy (non-hydrogen) atoms. The van der Waals surface area contributed by atoms with Crippen LogP contribution >= 0.6 is 0 Å². The lowest BCUT2D eigenvalue weighted by atomic mass is 10.2. The van der Waals surface area contributed by atoms with Crippen LogP contribution < -0.4 is 5.32 Å². The number of aliphatic carboxylic acids is 1. The van der Waals surface area contributed by atoms with Gasteiger partial charge in [0.1, 0.15) is 6.04 Å². The summed E-state index contributed by atoms with van der Waals surface area (Å²) in [6, 6.07) is -1.43. The highest BCUT2D eigenvalue weighted by Gasteiger charge is 2.22. The summed E-state index contributed by atoms with van der Waals surface area (Å²) >= 11 is 0. The minimum absolute atomic E-state index is 0.208. The summed E-state index contributed by atoms with van der Waals surface area (Å²) < 4.78 is 14.7. The van der Waals surface area contributed by atoms with E-state index in [4.69, 9.17) is 19.3 Å². The number of carboxylic acids is 1. The number of nitrogens with zero attached hydrogens (tertiary/aromatic N) is 1. The zero-order chi connectivity index (χ0) is 15.4. The van der Waals surface area contributed by atoms with Crippen molar-refractivity contribution in [3.05, 3.63) is 0 Å². The van der Waals surface area contributed by atoms with Gasteiger partial charge in [-0.15, -0.1) is 0 Å². The maximum absolute atomic E-state index is 12.0. The molecule has 0 radical (unpaired) electrons. The SMILES string of the molecule is COCCC(NC(=O)N(CCOC)CCOC)C(=O)O. The van der Waals surface area contributed by atoms with Crippen molar-refractivity contribution in [3.63, 3.8) is 0 Å². The van der Waals surface area contributed by atoms with Gasteiger partial charge in [-0.05, 0) is 0 Å². The van der Waals surface area contributed by atoms with Crippen LogP contribution in [-0.2, 0) is 19.0 Å². The number of carbonyl (C=O) groups is 2. The fraction of sp³-hybridized carbons (Fsp3) is 0.833. The third kappa shape index (κ3) is 7.93.